The minimum absolute atomic E-state index is 0.0228. The van der Waals surface area contributed by atoms with Gasteiger partial charge in [-0.05, 0) is 108 Å². The molecule has 5 aromatic carbocycles. The van der Waals surface area contributed by atoms with E-state index in [-0.39, 0.29) is 49.3 Å². The molecule has 4 heterocycles. The van der Waals surface area contributed by atoms with Crippen molar-refractivity contribution in [3.63, 3.8) is 0 Å². The molecule has 9 rings (SSSR count). The van der Waals surface area contributed by atoms with Crippen molar-refractivity contribution in [2.24, 2.45) is 5.92 Å². The minimum atomic E-state index is -0.910. The second-order valence-electron chi connectivity index (χ2n) is 15.8. The highest BCUT2D eigenvalue weighted by Crippen LogP contribution is 2.32. The summed E-state index contributed by atoms with van der Waals surface area (Å²) in [5, 5.41) is 28.3. The number of H-pyrrole nitrogens is 1. The first kappa shape index (κ1) is 43.3. The van der Waals surface area contributed by atoms with E-state index in [0.29, 0.717) is 45.5 Å². The van der Waals surface area contributed by atoms with Crippen LogP contribution in [0.25, 0.3) is 10.9 Å². The van der Waals surface area contributed by atoms with E-state index in [4.69, 9.17) is 30.5 Å². The quantitative estimate of drug-likeness (QED) is 0.0456. The molecule has 1 aromatic heterocycles. The summed E-state index contributed by atoms with van der Waals surface area (Å²) in [7, 11) is 0. The van der Waals surface area contributed by atoms with Gasteiger partial charge in [0.05, 0.1) is 23.2 Å². The maximum atomic E-state index is 13.2. The van der Waals surface area contributed by atoms with Crippen LogP contribution in [0.1, 0.15) is 63.2 Å². The number of amides is 1. The summed E-state index contributed by atoms with van der Waals surface area (Å²) in [5.74, 6) is 0.992. The molecule has 0 saturated carbocycles. The number of aromatic amines is 1. The van der Waals surface area contributed by atoms with Crippen molar-refractivity contribution in [2.75, 3.05) is 39.4 Å². The summed E-state index contributed by atoms with van der Waals surface area (Å²) in [6.45, 7) is 3.89. The predicted octanol–water partition coefficient (Wildman–Crippen LogP) is 7.43. The average molecular weight is 873 g/mol. The molecule has 0 radical (unpaired) electrons. The number of aliphatic hydroxyl groups excluding tert-OH is 1. The number of nitrogens with one attached hydrogen (secondary N) is 3. The number of hydrogen-bond donors (Lipinski definition) is 5. The lowest BCUT2D eigenvalue weighted by molar-refractivity contribution is -0.0336. The number of nitrogens with zero attached hydrogens (tertiary/aromatic N) is 1. The number of alkyl carbamates (subject to hydrolysis) is 1. The Balaban J connectivity index is 0.773. The van der Waals surface area contributed by atoms with E-state index < -0.39 is 24.2 Å². The summed E-state index contributed by atoms with van der Waals surface area (Å²) in [4.78, 5) is 42.7. The fourth-order valence-electron chi connectivity index (χ4n) is 8.17. The Kier molecular flexibility index (Phi) is 13.9. The minimum Gasteiger partial charge on any atom is -0.506 e. The molecule has 0 aliphatic carbocycles. The summed E-state index contributed by atoms with van der Waals surface area (Å²) in [6, 6.07) is 35.2. The third kappa shape index (κ3) is 11.0. The van der Waals surface area contributed by atoms with Crippen molar-refractivity contribution in [3.05, 3.63) is 170 Å². The van der Waals surface area contributed by atoms with Crippen LogP contribution in [0.4, 0.5) is 4.79 Å². The van der Waals surface area contributed by atoms with Crippen LogP contribution < -0.4 is 25.7 Å². The predicted molar refractivity (Wildman–Crippen MR) is 238 cm³/mol. The topological polar surface area (TPSA) is 172 Å². The van der Waals surface area contributed by atoms with Crippen LogP contribution in [0.5, 0.6) is 17.2 Å². The Morgan fingerprint density at radius 1 is 0.841 bits per heavy atom. The molecule has 0 spiro atoms. The smallest absolute Gasteiger partial charge is 0.408 e. The second-order valence-corrected chi connectivity index (χ2v) is 16.2. The molecule has 63 heavy (non-hydrogen) atoms. The highest BCUT2D eigenvalue weighted by molar-refractivity contribution is 6.31. The van der Waals surface area contributed by atoms with Crippen molar-refractivity contribution in [3.8, 4) is 17.2 Å². The van der Waals surface area contributed by atoms with Gasteiger partial charge in [-0.3, -0.25) is 9.69 Å². The number of hydrogen-bond acceptors (Lipinski definition) is 11. The van der Waals surface area contributed by atoms with Crippen LogP contribution in [-0.2, 0) is 22.6 Å². The Morgan fingerprint density at radius 3 is 2.38 bits per heavy atom. The number of aliphatic hydroxyl groups is 1. The Labute approximate surface area is 369 Å². The maximum Gasteiger partial charge on any atom is 0.408 e. The fourth-order valence-corrected chi connectivity index (χ4v) is 8.40. The summed E-state index contributed by atoms with van der Waals surface area (Å²) < 4.78 is 23.3. The van der Waals surface area contributed by atoms with Crippen LogP contribution in [-0.4, -0.2) is 77.7 Å². The zero-order valence-electron chi connectivity index (χ0n) is 34.5. The van der Waals surface area contributed by atoms with Gasteiger partial charge in [0, 0.05) is 36.1 Å². The van der Waals surface area contributed by atoms with E-state index in [1.165, 1.54) is 12.1 Å². The van der Waals surface area contributed by atoms with Gasteiger partial charge in [0.2, 0.25) is 5.56 Å². The first-order valence-electron chi connectivity index (χ1n) is 21.0. The average Bonchev–Trinajstić information content (AvgIpc) is 3.30. The van der Waals surface area contributed by atoms with Crippen molar-refractivity contribution >= 4 is 34.6 Å². The molecule has 13 nitrogen and oxygen atoms in total. The highest BCUT2D eigenvalue weighted by atomic mass is 35.5. The largest absolute Gasteiger partial charge is 0.506 e. The monoisotopic (exact) mass is 872 g/mol. The van der Waals surface area contributed by atoms with E-state index >= 15 is 0 Å². The number of halogens is 1. The Hall–Kier alpha value is -6.38. The van der Waals surface area contributed by atoms with Gasteiger partial charge >= 0.3 is 12.1 Å². The number of benzene rings is 5. The van der Waals surface area contributed by atoms with Crippen molar-refractivity contribution in [1.82, 2.24) is 20.5 Å². The first-order chi connectivity index (χ1) is 30.7. The third-order valence-corrected chi connectivity index (χ3v) is 11.9. The van der Waals surface area contributed by atoms with Crippen molar-refractivity contribution < 1.29 is 38.7 Å². The number of phenolic OH excluding ortho intramolecular Hbond substituents is 1. The molecular formula is C49H49ClN4O9. The van der Waals surface area contributed by atoms with Crippen LogP contribution in [0.2, 0.25) is 5.02 Å². The number of aromatic hydroxyl groups is 1. The normalized spacial score (nSPS) is 17.7. The number of carbonyl (C=O) groups is 2. The lowest BCUT2D eigenvalue weighted by Gasteiger charge is -2.43. The standard InChI is InChI=1S/C49H49ClN4O9/c50-41-26-38(14-13-36(41)27-51-28-43(56)39-15-17-42(55)47-40(39)16-18-45(57)52-47)60-23-24-61-48(58)34-11-9-31(10-12-34)30-62-37-8-4-7-35(25-37)46(33-5-2-1-3-6-33)53-49(59)63-44-29-54-21-19-32(44)20-22-54/h1-18,25-26,32,43-44,46,51,55-56H,19-24,27-30H2,(H,52,57)(H,53,59)/t43-,44-,46-/m0/s1. The number of rotatable bonds is 17. The molecule has 326 valence electrons. The maximum absolute atomic E-state index is 13.2. The van der Waals surface area contributed by atoms with Gasteiger partial charge in [-0.1, -0.05) is 78.3 Å². The van der Waals surface area contributed by atoms with Gasteiger partial charge in [0.15, 0.2) is 0 Å². The number of aromatic nitrogens is 1. The SMILES string of the molecule is O=C(N[C@@H](c1ccccc1)c1cccc(OCc2ccc(C(=O)OCCOc3ccc(CNC[C@H](O)c4ccc(O)c5[nH]c(=O)ccc45)c(Cl)c3)cc2)c1)O[C@H]1CN2CCC1CC2. The molecule has 3 fully saturated rings. The Morgan fingerprint density at radius 2 is 1.62 bits per heavy atom. The zero-order valence-corrected chi connectivity index (χ0v) is 35.3. The lowest BCUT2D eigenvalue weighted by Crippen LogP contribution is -2.52. The molecule has 3 atom stereocenters. The molecule has 2 bridgehead atoms. The van der Waals surface area contributed by atoms with Crippen molar-refractivity contribution in [2.45, 2.75) is 44.2 Å². The van der Waals surface area contributed by atoms with E-state index in [1.807, 2.05) is 72.8 Å². The number of phenols is 1. The van der Waals surface area contributed by atoms with E-state index in [2.05, 4.69) is 20.5 Å². The molecule has 3 aliphatic rings. The van der Waals surface area contributed by atoms with Crippen LogP contribution >= 0.6 is 11.6 Å². The molecule has 5 N–H and O–H groups in total. The van der Waals surface area contributed by atoms with Gasteiger partial charge in [-0.2, -0.15) is 0 Å². The van der Waals surface area contributed by atoms with Gasteiger partial charge in [-0.25, -0.2) is 9.59 Å². The van der Waals surface area contributed by atoms with Crippen molar-refractivity contribution in [1.29, 1.82) is 0 Å². The van der Waals surface area contributed by atoms with Crippen LogP contribution in [0, 0.1) is 5.92 Å². The number of esters is 1. The number of fused-ring (bicyclic) bond motifs is 4. The molecule has 6 aromatic rings. The molecule has 3 saturated heterocycles. The summed E-state index contributed by atoms with van der Waals surface area (Å²) in [5.41, 5.74) is 4.30. The molecule has 3 aliphatic heterocycles. The van der Waals surface area contributed by atoms with Gasteiger partial charge in [-0.15, -0.1) is 0 Å². The van der Waals surface area contributed by atoms with Gasteiger partial charge in [0.1, 0.15) is 43.2 Å². The second kappa shape index (κ2) is 20.2. The van der Waals surface area contributed by atoms with Gasteiger partial charge in [0.25, 0.3) is 0 Å². The van der Waals surface area contributed by atoms with Gasteiger partial charge < -0.3 is 44.8 Å². The number of pyridine rings is 1. The molecule has 0 unspecified atom stereocenters. The fraction of sp³-hybridized carbons (Fsp3) is 0.286. The molecule has 1 amide bonds. The lowest BCUT2D eigenvalue weighted by atomic mass is 9.86. The van der Waals surface area contributed by atoms with Crippen LogP contribution in [0.3, 0.4) is 0 Å². The molecule has 14 heteroatoms. The first-order valence-corrected chi connectivity index (χ1v) is 21.4. The Bertz CT molecular complexity index is 2580. The van der Waals surface area contributed by atoms with Crippen LogP contribution in [0.15, 0.2) is 126 Å². The number of piperidine rings is 3. The summed E-state index contributed by atoms with van der Waals surface area (Å²) in [6.07, 6.45) is 0.681. The molecular weight excluding hydrogens is 824 g/mol. The number of carbonyl (C=O) groups excluding carboxylic acids is 2. The summed E-state index contributed by atoms with van der Waals surface area (Å²) >= 11 is 6.52. The third-order valence-electron chi connectivity index (χ3n) is 11.6. The number of ether oxygens (including phenoxy) is 4. The highest BCUT2D eigenvalue weighted by Gasteiger charge is 2.37. The van der Waals surface area contributed by atoms with E-state index in [9.17, 15) is 24.6 Å². The zero-order chi connectivity index (χ0) is 43.7. The van der Waals surface area contributed by atoms with E-state index in [0.717, 1.165) is 54.7 Å². The van der Waals surface area contributed by atoms with E-state index in [1.54, 1.807) is 36.4 Å².